The molecule has 0 saturated heterocycles. The Morgan fingerprint density at radius 3 is 2.92 bits per heavy atom. The molecule has 2 fully saturated rings. The maximum atomic E-state index is 11.8. The number of esters is 1. The first kappa shape index (κ1) is 17.1. The summed E-state index contributed by atoms with van der Waals surface area (Å²) in [5.41, 5.74) is 2.97. The van der Waals surface area contributed by atoms with Gasteiger partial charge in [-0.2, -0.15) is 0 Å². The third kappa shape index (κ3) is 2.81. The number of rotatable bonds is 3. The van der Waals surface area contributed by atoms with Gasteiger partial charge in [0, 0.05) is 6.42 Å². The standard InChI is InChI=1S/C22H30O3/c1-3-4-21(24)25-15-6-8-16-14(13-15)5-7-18-17(16)11-12-22(2)19(18)9-10-20(22)23/h6,8,13,17-20,23H,3-5,7,9-12H2,1-2H3/t17-,18-,19+,20?,22+/m1/s1. The summed E-state index contributed by atoms with van der Waals surface area (Å²) in [4.78, 5) is 11.8. The zero-order chi connectivity index (χ0) is 17.6. The summed E-state index contributed by atoms with van der Waals surface area (Å²) < 4.78 is 5.48. The minimum atomic E-state index is -0.135. The maximum absolute atomic E-state index is 11.8. The molecule has 136 valence electrons. The quantitative estimate of drug-likeness (QED) is 0.644. The van der Waals surface area contributed by atoms with Crippen LogP contribution >= 0.6 is 0 Å². The van der Waals surface area contributed by atoms with Crippen molar-refractivity contribution in [2.45, 2.75) is 77.2 Å². The van der Waals surface area contributed by atoms with Gasteiger partial charge in [-0.15, -0.1) is 0 Å². The Hall–Kier alpha value is -1.35. The van der Waals surface area contributed by atoms with Gasteiger partial charge in [0.05, 0.1) is 6.10 Å². The van der Waals surface area contributed by atoms with Crippen LogP contribution in [0.5, 0.6) is 5.75 Å². The molecule has 5 atom stereocenters. The summed E-state index contributed by atoms with van der Waals surface area (Å²) in [7, 11) is 0. The molecule has 0 spiro atoms. The van der Waals surface area contributed by atoms with Gasteiger partial charge < -0.3 is 9.84 Å². The van der Waals surface area contributed by atoms with Gasteiger partial charge in [-0.25, -0.2) is 0 Å². The van der Waals surface area contributed by atoms with Gasteiger partial charge in [-0.05, 0) is 91.4 Å². The number of aryl methyl sites for hydroxylation is 1. The number of fused-ring (bicyclic) bond motifs is 5. The van der Waals surface area contributed by atoms with Gasteiger partial charge in [0.1, 0.15) is 5.75 Å². The molecule has 1 N–H and O–H groups in total. The molecule has 2 saturated carbocycles. The highest BCUT2D eigenvalue weighted by Gasteiger charge is 2.54. The topological polar surface area (TPSA) is 46.5 Å². The molecule has 3 heteroatoms. The van der Waals surface area contributed by atoms with E-state index >= 15 is 0 Å². The molecule has 3 nitrogen and oxygen atoms in total. The number of benzene rings is 1. The summed E-state index contributed by atoms with van der Waals surface area (Å²) in [5, 5.41) is 10.5. The first-order valence-corrected chi connectivity index (χ1v) is 10.0. The van der Waals surface area contributed by atoms with E-state index in [0.29, 0.717) is 29.9 Å². The molecule has 0 bridgehead atoms. The number of aliphatic hydroxyl groups excluding tert-OH is 1. The Kier molecular flexibility index (Phi) is 4.39. The summed E-state index contributed by atoms with van der Waals surface area (Å²) in [6.07, 6.45) is 7.92. The molecular formula is C22H30O3. The lowest BCUT2D eigenvalue weighted by atomic mass is 9.55. The molecule has 0 amide bonds. The fourth-order valence-corrected chi connectivity index (χ4v) is 5.98. The molecule has 3 aliphatic carbocycles. The van der Waals surface area contributed by atoms with Crippen LogP contribution in [0.15, 0.2) is 18.2 Å². The molecule has 4 rings (SSSR count). The van der Waals surface area contributed by atoms with Crippen LogP contribution in [0.2, 0.25) is 0 Å². The molecular weight excluding hydrogens is 312 g/mol. The van der Waals surface area contributed by atoms with E-state index in [1.54, 1.807) is 0 Å². The van der Waals surface area contributed by atoms with Crippen LogP contribution in [-0.2, 0) is 11.2 Å². The highest BCUT2D eigenvalue weighted by Crippen LogP contribution is 2.60. The van der Waals surface area contributed by atoms with Crippen LogP contribution < -0.4 is 4.74 Å². The number of hydrogen-bond donors (Lipinski definition) is 1. The van der Waals surface area contributed by atoms with E-state index in [-0.39, 0.29) is 17.5 Å². The van der Waals surface area contributed by atoms with Crippen molar-refractivity contribution in [2.75, 3.05) is 0 Å². The lowest BCUT2D eigenvalue weighted by molar-refractivity contribution is -0.134. The van der Waals surface area contributed by atoms with E-state index in [0.717, 1.165) is 25.7 Å². The third-order valence-electron chi connectivity index (χ3n) is 7.33. The second-order valence-corrected chi connectivity index (χ2v) is 8.64. The molecule has 0 aromatic heterocycles. The Morgan fingerprint density at radius 2 is 2.12 bits per heavy atom. The molecule has 1 aromatic rings. The van der Waals surface area contributed by atoms with Gasteiger partial charge in [0.25, 0.3) is 0 Å². The van der Waals surface area contributed by atoms with E-state index in [2.05, 4.69) is 19.1 Å². The maximum Gasteiger partial charge on any atom is 0.311 e. The zero-order valence-corrected chi connectivity index (χ0v) is 15.5. The van der Waals surface area contributed by atoms with E-state index in [1.807, 2.05) is 13.0 Å². The SMILES string of the molecule is CCCC(=O)Oc1ccc2c(c1)CC[C@@H]1[C@@H]2CC[C@]2(C)C(O)CC[C@@H]12. The van der Waals surface area contributed by atoms with Crippen LogP contribution in [0.25, 0.3) is 0 Å². The third-order valence-corrected chi connectivity index (χ3v) is 7.33. The predicted molar refractivity (Wildman–Crippen MR) is 97.6 cm³/mol. The van der Waals surface area contributed by atoms with Crippen molar-refractivity contribution in [1.82, 2.24) is 0 Å². The predicted octanol–water partition coefficient (Wildman–Crippen LogP) is 4.61. The summed E-state index contributed by atoms with van der Waals surface area (Å²) >= 11 is 0. The number of aliphatic hydroxyl groups is 1. The van der Waals surface area contributed by atoms with Crippen molar-refractivity contribution >= 4 is 5.97 Å². The number of hydrogen-bond acceptors (Lipinski definition) is 3. The van der Waals surface area contributed by atoms with Crippen molar-refractivity contribution in [3.8, 4) is 5.75 Å². The Balaban J connectivity index is 1.56. The normalized spacial score (nSPS) is 36.3. The smallest absolute Gasteiger partial charge is 0.311 e. The minimum absolute atomic E-state index is 0.111. The average Bonchev–Trinajstić information content (AvgIpc) is 2.90. The van der Waals surface area contributed by atoms with Crippen molar-refractivity contribution in [2.24, 2.45) is 17.3 Å². The molecule has 0 radical (unpaired) electrons. The van der Waals surface area contributed by atoms with E-state index in [9.17, 15) is 9.90 Å². The highest BCUT2D eigenvalue weighted by molar-refractivity contribution is 5.72. The number of carbonyl (C=O) groups excluding carboxylic acids is 1. The first-order valence-electron chi connectivity index (χ1n) is 10.0. The molecule has 3 aliphatic rings. The monoisotopic (exact) mass is 342 g/mol. The van der Waals surface area contributed by atoms with Crippen molar-refractivity contribution < 1.29 is 14.6 Å². The number of carbonyl (C=O) groups is 1. The summed E-state index contributed by atoms with van der Waals surface area (Å²) in [5.74, 6) is 2.55. The van der Waals surface area contributed by atoms with Crippen LogP contribution in [0.4, 0.5) is 0 Å². The molecule has 1 unspecified atom stereocenters. The van der Waals surface area contributed by atoms with Gasteiger partial charge in [-0.1, -0.05) is 19.9 Å². The molecule has 1 aromatic carbocycles. The molecule has 0 heterocycles. The van der Waals surface area contributed by atoms with Crippen LogP contribution in [-0.4, -0.2) is 17.2 Å². The Labute approximate surface area is 150 Å². The minimum Gasteiger partial charge on any atom is -0.427 e. The van der Waals surface area contributed by atoms with Crippen molar-refractivity contribution in [3.63, 3.8) is 0 Å². The first-order chi connectivity index (χ1) is 12.0. The van der Waals surface area contributed by atoms with E-state index in [1.165, 1.54) is 30.4 Å². The fraction of sp³-hybridized carbons (Fsp3) is 0.682. The van der Waals surface area contributed by atoms with Gasteiger partial charge in [0.2, 0.25) is 0 Å². The fourth-order valence-electron chi connectivity index (χ4n) is 5.98. The number of ether oxygens (including phenoxy) is 1. The van der Waals surface area contributed by atoms with Gasteiger partial charge >= 0.3 is 5.97 Å². The average molecular weight is 342 g/mol. The zero-order valence-electron chi connectivity index (χ0n) is 15.5. The Bertz CT molecular complexity index is 667. The second kappa shape index (κ2) is 6.42. The molecule has 0 aliphatic heterocycles. The molecule has 25 heavy (non-hydrogen) atoms. The summed E-state index contributed by atoms with van der Waals surface area (Å²) in [6.45, 7) is 4.31. The lowest BCUT2D eigenvalue weighted by Gasteiger charge is -2.50. The lowest BCUT2D eigenvalue weighted by Crippen LogP contribution is -2.43. The van der Waals surface area contributed by atoms with Crippen LogP contribution in [0.1, 0.15) is 75.8 Å². The van der Waals surface area contributed by atoms with Crippen molar-refractivity contribution in [3.05, 3.63) is 29.3 Å². The largest absolute Gasteiger partial charge is 0.427 e. The van der Waals surface area contributed by atoms with Gasteiger partial charge in [0.15, 0.2) is 0 Å². The van der Waals surface area contributed by atoms with Crippen LogP contribution in [0.3, 0.4) is 0 Å². The second-order valence-electron chi connectivity index (χ2n) is 8.64. The van der Waals surface area contributed by atoms with Gasteiger partial charge in [-0.3, -0.25) is 4.79 Å². The van der Waals surface area contributed by atoms with E-state index < -0.39 is 0 Å². The Morgan fingerprint density at radius 1 is 1.28 bits per heavy atom. The van der Waals surface area contributed by atoms with Crippen LogP contribution in [0, 0.1) is 17.3 Å². The van der Waals surface area contributed by atoms with E-state index in [4.69, 9.17) is 4.74 Å². The van der Waals surface area contributed by atoms with Crippen molar-refractivity contribution in [1.29, 1.82) is 0 Å². The summed E-state index contributed by atoms with van der Waals surface area (Å²) in [6, 6.07) is 6.28. The highest BCUT2D eigenvalue weighted by atomic mass is 16.5.